The van der Waals surface area contributed by atoms with Crippen LogP contribution < -0.4 is 5.73 Å². The maximum Gasteiger partial charge on any atom is 0.165 e. The molecule has 1 aromatic heterocycles. The standard InChI is InChI=1S/C10H9ClFN3O/c1-15-8(13)4-7(14-15)9-5(11)2-3-6(12)10(9)16/h2-4,16H,13H2,1H3. The number of hydrogen-bond donors (Lipinski definition) is 2. The zero-order valence-corrected chi connectivity index (χ0v) is 9.16. The summed E-state index contributed by atoms with van der Waals surface area (Å²) in [6.07, 6.45) is 0. The van der Waals surface area contributed by atoms with Crippen LogP contribution in [0.3, 0.4) is 0 Å². The second-order valence-electron chi connectivity index (χ2n) is 3.33. The summed E-state index contributed by atoms with van der Waals surface area (Å²) in [4.78, 5) is 0. The van der Waals surface area contributed by atoms with Crippen molar-refractivity contribution in [3.63, 3.8) is 0 Å². The highest BCUT2D eigenvalue weighted by molar-refractivity contribution is 6.33. The normalized spacial score (nSPS) is 10.7. The number of nitrogen functional groups attached to an aromatic ring is 1. The number of phenols is 1. The van der Waals surface area contributed by atoms with E-state index in [0.29, 0.717) is 11.5 Å². The zero-order chi connectivity index (χ0) is 11.9. The lowest BCUT2D eigenvalue weighted by Crippen LogP contribution is -1.96. The molecule has 3 N–H and O–H groups in total. The van der Waals surface area contributed by atoms with Gasteiger partial charge in [-0.15, -0.1) is 0 Å². The summed E-state index contributed by atoms with van der Waals surface area (Å²) < 4.78 is 14.6. The molecule has 0 fully saturated rings. The third-order valence-electron chi connectivity index (χ3n) is 2.25. The molecule has 16 heavy (non-hydrogen) atoms. The fourth-order valence-electron chi connectivity index (χ4n) is 1.39. The van der Waals surface area contributed by atoms with E-state index in [0.717, 1.165) is 6.07 Å². The van der Waals surface area contributed by atoms with Gasteiger partial charge in [0, 0.05) is 13.1 Å². The number of benzene rings is 1. The molecule has 0 spiro atoms. The molecule has 84 valence electrons. The van der Waals surface area contributed by atoms with Gasteiger partial charge < -0.3 is 10.8 Å². The van der Waals surface area contributed by atoms with E-state index in [2.05, 4.69) is 5.10 Å². The molecule has 2 rings (SSSR count). The second kappa shape index (κ2) is 3.68. The summed E-state index contributed by atoms with van der Waals surface area (Å²) >= 11 is 5.88. The van der Waals surface area contributed by atoms with Crippen molar-refractivity contribution < 1.29 is 9.50 Å². The minimum Gasteiger partial charge on any atom is -0.504 e. The number of anilines is 1. The molecule has 0 saturated heterocycles. The Morgan fingerprint density at radius 1 is 1.50 bits per heavy atom. The topological polar surface area (TPSA) is 64.1 Å². The molecule has 0 atom stereocenters. The van der Waals surface area contributed by atoms with Gasteiger partial charge in [0.2, 0.25) is 0 Å². The van der Waals surface area contributed by atoms with E-state index < -0.39 is 11.6 Å². The van der Waals surface area contributed by atoms with E-state index in [1.54, 1.807) is 7.05 Å². The Kier molecular flexibility index (Phi) is 2.47. The third-order valence-corrected chi connectivity index (χ3v) is 2.56. The van der Waals surface area contributed by atoms with Crippen LogP contribution in [-0.2, 0) is 7.05 Å². The van der Waals surface area contributed by atoms with Gasteiger partial charge in [0.1, 0.15) is 5.82 Å². The Balaban J connectivity index is 2.68. The van der Waals surface area contributed by atoms with Crippen molar-refractivity contribution in [2.75, 3.05) is 5.73 Å². The molecule has 0 saturated carbocycles. The number of aromatic nitrogens is 2. The first-order valence-corrected chi connectivity index (χ1v) is 4.85. The first-order chi connectivity index (χ1) is 7.50. The average molecular weight is 242 g/mol. The van der Waals surface area contributed by atoms with Gasteiger partial charge in [-0.25, -0.2) is 4.39 Å². The van der Waals surface area contributed by atoms with Crippen LogP contribution in [0.5, 0.6) is 5.75 Å². The summed E-state index contributed by atoms with van der Waals surface area (Å²) in [5.74, 6) is -0.871. The lowest BCUT2D eigenvalue weighted by molar-refractivity contribution is 0.434. The van der Waals surface area contributed by atoms with Crippen LogP contribution in [0.1, 0.15) is 0 Å². The van der Waals surface area contributed by atoms with Crippen LogP contribution in [0.15, 0.2) is 18.2 Å². The molecule has 4 nitrogen and oxygen atoms in total. The van der Waals surface area contributed by atoms with Gasteiger partial charge in [0.15, 0.2) is 11.6 Å². The molecule has 0 aliphatic heterocycles. The number of aryl methyl sites for hydroxylation is 1. The molecule has 0 aliphatic rings. The molecule has 0 unspecified atom stereocenters. The van der Waals surface area contributed by atoms with E-state index in [9.17, 15) is 9.50 Å². The monoisotopic (exact) mass is 241 g/mol. The first-order valence-electron chi connectivity index (χ1n) is 4.47. The van der Waals surface area contributed by atoms with Crippen LogP contribution in [0.25, 0.3) is 11.3 Å². The predicted octanol–water partition coefficient (Wildman–Crippen LogP) is 2.17. The van der Waals surface area contributed by atoms with Crippen molar-refractivity contribution >= 4 is 17.4 Å². The van der Waals surface area contributed by atoms with Crippen LogP contribution in [0, 0.1) is 5.82 Å². The van der Waals surface area contributed by atoms with Gasteiger partial charge in [0.05, 0.1) is 16.3 Å². The number of aromatic hydroxyl groups is 1. The maximum atomic E-state index is 13.2. The molecule has 0 bridgehead atoms. The quantitative estimate of drug-likeness (QED) is 0.804. The lowest BCUT2D eigenvalue weighted by atomic mass is 10.1. The van der Waals surface area contributed by atoms with Crippen LogP contribution in [0.4, 0.5) is 10.2 Å². The number of halogens is 2. The van der Waals surface area contributed by atoms with Gasteiger partial charge in [0.25, 0.3) is 0 Å². The van der Waals surface area contributed by atoms with Crippen molar-refractivity contribution in [1.82, 2.24) is 9.78 Å². The van der Waals surface area contributed by atoms with Crippen LogP contribution in [0.2, 0.25) is 5.02 Å². The Morgan fingerprint density at radius 3 is 2.75 bits per heavy atom. The molecule has 2 aromatic rings. The molecule has 0 radical (unpaired) electrons. The van der Waals surface area contributed by atoms with Crippen LogP contribution in [-0.4, -0.2) is 14.9 Å². The SMILES string of the molecule is Cn1nc(-c2c(Cl)ccc(F)c2O)cc1N. The van der Waals surface area contributed by atoms with E-state index in [1.807, 2.05) is 0 Å². The first kappa shape index (κ1) is 10.8. The van der Waals surface area contributed by atoms with Gasteiger partial charge >= 0.3 is 0 Å². The van der Waals surface area contributed by atoms with Crippen molar-refractivity contribution in [1.29, 1.82) is 0 Å². The van der Waals surface area contributed by atoms with Crippen LogP contribution >= 0.6 is 11.6 Å². The summed E-state index contributed by atoms with van der Waals surface area (Å²) in [5.41, 5.74) is 6.08. The van der Waals surface area contributed by atoms with E-state index in [4.69, 9.17) is 17.3 Å². The fraction of sp³-hybridized carbons (Fsp3) is 0.100. The van der Waals surface area contributed by atoms with E-state index in [1.165, 1.54) is 16.8 Å². The van der Waals surface area contributed by atoms with Gasteiger partial charge in [-0.3, -0.25) is 4.68 Å². The number of rotatable bonds is 1. The van der Waals surface area contributed by atoms with Gasteiger partial charge in [-0.2, -0.15) is 5.10 Å². The number of nitrogens with zero attached hydrogens (tertiary/aromatic N) is 2. The third kappa shape index (κ3) is 1.59. The molecule has 1 aromatic carbocycles. The van der Waals surface area contributed by atoms with Crippen molar-refractivity contribution in [2.24, 2.45) is 7.05 Å². The summed E-state index contributed by atoms with van der Waals surface area (Å²) in [7, 11) is 1.64. The Labute approximate surface area is 96.1 Å². The lowest BCUT2D eigenvalue weighted by Gasteiger charge is -2.04. The predicted molar refractivity (Wildman–Crippen MR) is 59.7 cm³/mol. The molecule has 1 heterocycles. The largest absolute Gasteiger partial charge is 0.504 e. The highest BCUT2D eigenvalue weighted by Crippen LogP contribution is 2.37. The van der Waals surface area contributed by atoms with Crippen molar-refractivity contribution in [3.05, 3.63) is 29.0 Å². The highest BCUT2D eigenvalue weighted by Gasteiger charge is 2.16. The van der Waals surface area contributed by atoms with Gasteiger partial charge in [-0.05, 0) is 12.1 Å². The maximum absolute atomic E-state index is 13.2. The smallest absolute Gasteiger partial charge is 0.165 e. The second-order valence-corrected chi connectivity index (χ2v) is 3.74. The Hall–Kier alpha value is -1.75. The number of nitrogens with two attached hydrogens (primary N) is 1. The number of phenolic OH excluding ortho intramolecular Hbond substituents is 1. The Bertz CT molecular complexity index is 534. The Morgan fingerprint density at radius 2 is 2.19 bits per heavy atom. The summed E-state index contributed by atoms with van der Waals surface area (Å²) in [6.45, 7) is 0. The molecule has 0 aliphatic carbocycles. The average Bonchev–Trinajstić information content (AvgIpc) is 2.54. The summed E-state index contributed by atoms with van der Waals surface area (Å²) in [5, 5.41) is 13.8. The molecular formula is C10H9ClFN3O. The fourth-order valence-corrected chi connectivity index (χ4v) is 1.64. The van der Waals surface area contributed by atoms with Crippen molar-refractivity contribution in [2.45, 2.75) is 0 Å². The minimum absolute atomic E-state index is 0.147. The summed E-state index contributed by atoms with van der Waals surface area (Å²) in [6, 6.07) is 3.96. The molecule has 6 heteroatoms. The minimum atomic E-state index is -0.747. The number of hydrogen-bond acceptors (Lipinski definition) is 3. The molecule has 0 amide bonds. The van der Waals surface area contributed by atoms with Crippen molar-refractivity contribution in [3.8, 4) is 17.0 Å². The van der Waals surface area contributed by atoms with E-state index in [-0.39, 0.29) is 10.6 Å². The van der Waals surface area contributed by atoms with Gasteiger partial charge in [-0.1, -0.05) is 11.6 Å². The van der Waals surface area contributed by atoms with E-state index >= 15 is 0 Å². The molecular weight excluding hydrogens is 233 g/mol. The zero-order valence-electron chi connectivity index (χ0n) is 8.41. The highest BCUT2D eigenvalue weighted by atomic mass is 35.5.